The summed E-state index contributed by atoms with van der Waals surface area (Å²) in [7, 11) is -3.66. The van der Waals surface area contributed by atoms with Gasteiger partial charge in [-0.1, -0.05) is 13.8 Å². The quantitative estimate of drug-likeness (QED) is 0.669. The first-order valence-corrected chi connectivity index (χ1v) is 11.7. The Morgan fingerprint density at radius 2 is 1.97 bits per heavy atom. The number of carbonyl (C=O) groups is 1. The molecule has 1 aromatic carbocycles. The number of hydrogen-bond donors (Lipinski definition) is 0. The number of halogens is 1. The summed E-state index contributed by atoms with van der Waals surface area (Å²) in [6, 6.07) is 4.24. The van der Waals surface area contributed by atoms with Gasteiger partial charge in [-0.3, -0.25) is 4.79 Å². The van der Waals surface area contributed by atoms with E-state index in [2.05, 4.69) is 33.6 Å². The summed E-state index contributed by atoms with van der Waals surface area (Å²) in [5.41, 5.74) is 1.82. The lowest BCUT2D eigenvalue weighted by Gasteiger charge is -2.44. The Kier molecular flexibility index (Phi) is 6.12. The summed E-state index contributed by atoms with van der Waals surface area (Å²) in [6.07, 6.45) is 2.67. The van der Waals surface area contributed by atoms with E-state index < -0.39 is 15.7 Å². The molecule has 1 aromatic heterocycles. The van der Waals surface area contributed by atoms with Gasteiger partial charge in [0.05, 0.1) is 6.04 Å². The van der Waals surface area contributed by atoms with Crippen LogP contribution >= 0.6 is 0 Å². The zero-order valence-electron chi connectivity index (χ0n) is 17.9. The van der Waals surface area contributed by atoms with E-state index in [1.165, 1.54) is 19.1 Å². The van der Waals surface area contributed by atoms with Crippen LogP contribution in [0.3, 0.4) is 0 Å². The molecule has 162 valence electrons. The summed E-state index contributed by atoms with van der Waals surface area (Å²) in [6.45, 7) is 9.26. The van der Waals surface area contributed by atoms with E-state index in [1.807, 2.05) is 6.92 Å². The summed E-state index contributed by atoms with van der Waals surface area (Å²) in [5.74, 6) is -0.0889. The minimum atomic E-state index is -3.66. The highest BCUT2D eigenvalue weighted by Crippen LogP contribution is 2.28. The van der Waals surface area contributed by atoms with Crippen molar-refractivity contribution in [1.82, 2.24) is 9.97 Å². The first-order chi connectivity index (χ1) is 14.0. The largest absolute Gasteiger partial charge is 0.368 e. The van der Waals surface area contributed by atoms with Crippen LogP contribution < -0.4 is 9.80 Å². The third-order valence-corrected chi connectivity index (χ3v) is 6.53. The van der Waals surface area contributed by atoms with Crippen LogP contribution in [0.5, 0.6) is 0 Å². The van der Waals surface area contributed by atoms with E-state index in [0.29, 0.717) is 37.0 Å². The molecule has 0 N–H and O–H groups in total. The van der Waals surface area contributed by atoms with Gasteiger partial charge in [0.2, 0.25) is 5.95 Å². The van der Waals surface area contributed by atoms with Crippen molar-refractivity contribution in [2.75, 3.05) is 35.7 Å². The van der Waals surface area contributed by atoms with Crippen molar-refractivity contribution in [3.63, 3.8) is 0 Å². The number of piperazine rings is 1. The van der Waals surface area contributed by atoms with Gasteiger partial charge in [-0.2, -0.15) is 0 Å². The summed E-state index contributed by atoms with van der Waals surface area (Å²) in [4.78, 5) is 24.7. The molecule has 3 rings (SSSR count). The molecule has 2 heterocycles. The molecule has 1 atom stereocenters. The number of carbonyl (C=O) groups excluding carboxylic acids is 1. The molecule has 1 aliphatic rings. The van der Waals surface area contributed by atoms with Crippen LogP contribution in [-0.2, 0) is 9.84 Å². The number of benzene rings is 1. The second-order valence-electron chi connectivity index (χ2n) is 8.10. The number of ketones is 1. The molecule has 0 saturated carbocycles. The number of nitrogens with zero attached hydrogens (tertiary/aromatic N) is 4. The smallest absolute Gasteiger partial charge is 0.226 e. The van der Waals surface area contributed by atoms with Crippen LogP contribution in [0, 0.1) is 18.7 Å². The van der Waals surface area contributed by atoms with Gasteiger partial charge in [-0.25, -0.2) is 22.8 Å². The Balaban J connectivity index is 1.92. The fourth-order valence-electron chi connectivity index (χ4n) is 3.76. The first-order valence-electron chi connectivity index (χ1n) is 9.84. The molecule has 1 fully saturated rings. The van der Waals surface area contributed by atoms with Gasteiger partial charge in [0.1, 0.15) is 16.4 Å². The van der Waals surface area contributed by atoms with Gasteiger partial charge in [-0.05, 0) is 36.6 Å². The highest BCUT2D eigenvalue weighted by molar-refractivity contribution is 7.90. The van der Waals surface area contributed by atoms with Crippen LogP contribution in [0.1, 0.15) is 36.8 Å². The predicted octanol–water partition coefficient (Wildman–Crippen LogP) is 2.88. The van der Waals surface area contributed by atoms with Gasteiger partial charge >= 0.3 is 0 Å². The number of Topliss-reactive ketones (excluding diaryl/α,β-unsaturated/α-hetero) is 1. The maximum Gasteiger partial charge on any atom is 0.226 e. The summed E-state index contributed by atoms with van der Waals surface area (Å²) in [5, 5.41) is 0. The average molecular weight is 435 g/mol. The predicted molar refractivity (Wildman–Crippen MR) is 114 cm³/mol. The fourth-order valence-corrected chi connectivity index (χ4v) is 4.52. The number of sulfone groups is 1. The van der Waals surface area contributed by atoms with Gasteiger partial charge < -0.3 is 9.80 Å². The van der Waals surface area contributed by atoms with Crippen LogP contribution in [0.15, 0.2) is 29.3 Å². The Hall–Kier alpha value is -2.55. The standard InChI is InChI=1S/C21H27FN4O3S/c1-13(2)18-12-25(16-6-7-17(22)19(10-16)30(5,28)29)8-9-26(18)21-23-11-14(3)20(24-21)15(4)27/h6-7,10-11,13,18H,8-9,12H2,1-5H3/t18-/m0/s1. The fraction of sp³-hybridized carbons (Fsp3) is 0.476. The highest BCUT2D eigenvalue weighted by atomic mass is 32.2. The van der Waals surface area contributed by atoms with Crippen molar-refractivity contribution in [2.24, 2.45) is 5.92 Å². The molecule has 2 aromatic rings. The first kappa shape index (κ1) is 22.1. The second-order valence-corrected chi connectivity index (χ2v) is 10.1. The van der Waals surface area contributed by atoms with E-state index in [-0.39, 0.29) is 22.6 Å². The maximum absolute atomic E-state index is 14.0. The van der Waals surface area contributed by atoms with Crippen molar-refractivity contribution < 1.29 is 17.6 Å². The minimum Gasteiger partial charge on any atom is -0.368 e. The molecule has 0 aliphatic carbocycles. The van der Waals surface area contributed by atoms with Crippen LogP contribution in [0.25, 0.3) is 0 Å². The number of rotatable bonds is 5. The van der Waals surface area contributed by atoms with E-state index in [4.69, 9.17) is 0 Å². The Labute approximate surface area is 176 Å². The Morgan fingerprint density at radius 1 is 1.27 bits per heavy atom. The van der Waals surface area contributed by atoms with E-state index in [0.717, 1.165) is 11.8 Å². The third kappa shape index (κ3) is 4.45. The number of hydrogen-bond acceptors (Lipinski definition) is 7. The molecule has 0 bridgehead atoms. The molecule has 7 nitrogen and oxygen atoms in total. The van der Waals surface area contributed by atoms with E-state index >= 15 is 0 Å². The van der Waals surface area contributed by atoms with Crippen molar-refractivity contribution >= 4 is 27.3 Å². The van der Waals surface area contributed by atoms with Gasteiger partial charge in [0, 0.05) is 44.7 Å². The monoisotopic (exact) mass is 434 g/mol. The van der Waals surface area contributed by atoms with Crippen molar-refractivity contribution in [2.45, 2.75) is 38.6 Å². The Bertz CT molecular complexity index is 1070. The molecule has 0 unspecified atom stereocenters. The minimum absolute atomic E-state index is 0.0352. The highest BCUT2D eigenvalue weighted by Gasteiger charge is 2.32. The zero-order valence-corrected chi connectivity index (χ0v) is 18.7. The molecular formula is C21H27FN4O3S. The second kappa shape index (κ2) is 8.29. The molecule has 0 amide bonds. The van der Waals surface area contributed by atoms with Gasteiger partial charge in [-0.15, -0.1) is 0 Å². The topological polar surface area (TPSA) is 83.5 Å². The third-order valence-electron chi connectivity index (χ3n) is 5.42. The zero-order chi connectivity index (χ0) is 22.2. The lowest BCUT2D eigenvalue weighted by Crippen LogP contribution is -2.56. The summed E-state index contributed by atoms with van der Waals surface area (Å²) < 4.78 is 37.8. The molecule has 30 heavy (non-hydrogen) atoms. The normalized spacial score (nSPS) is 17.5. The molecule has 9 heteroatoms. The van der Waals surface area contributed by atoms with Gasteiger partial charge in [0.25, 0.3) is 0 Å². The van der Waals surface area contributed by atoms with Crippen molar-refractivity contribution in [3.05, 3.63) is 41.5 Å². The average Bonchev–Trinajstić information content (AvgIpc) is 2.67. The van der Waals surface area contributed by atoms with Crippen LogP contribution in [-0.4, -0.2) is 56.1 Å². The lowest BCUT2D eigenvalue weighted by atomic mass is 9.99. The van der Waals surface area contributed by atoms with E-state index in [9.17, 15) is 17.6 Å². The Morgan fingerprint density at radius 3 is 2.57 bits per heavy atom. The number of anilines is 2. The van der Waals surface area contributed by atoms with Gasteiger partial charge in [0.15, 0.2) is 15.6 Å². The molecule has 1 aliphatic heterocycles. The number of aromatic nitrogens is 2. The van der Waals surface area contributed by atoms with Crippen LogP contribution in [0.2, 0.25) is 0 Å². The molecule has 0 radical (unpaired) electrons. The van der Waals surface area contributed by atoms with Crippen LogP contribution in [0.4, 0.5) is 16.0 Å². The van der Waals surface area contributed by atoms with E-state index in [1.54, 1.807) is 12.3 Å². The SMILES string of the molecule is CC(=O)c1nc(N2CCN(c3ccc(F)c(S(C)(=O)=O)c3)C[C@H]2C(C)C)ncc1C. The maximum atomic E-state index is 14.0. The number of aryl methyl sites for hydroxylation is 1. The van der Waals surface area contributed by atoms with Crippen molar-refractivity contribution in [1.29, 1.82) is 0 Å². The van der Waals surface area contributed by atoms with Crippen molar-refractivity contribution in [3.8, 4) is 0 Å². The lowest BCUT2D eigenvalue weighted by molar-refractivity contribution is 0.101. The molecule has 1 saturated heterocycles. The molecular weight excluding hydrogens is 407 g/mol. The molecule has 0 spiro atoms. The summed E-state index contributed by atoms with van der Waals surface area (Å²) >= 11 is 0.